The van der Waals surface area contributed by atoms with Crippen LogP contribution in [0, 0.1) is 0 Å². The minimum atomic E-state index is -1.52. The van der Waals surface area contributed by atoms with Gasteiger partial charge in [-0.3, -0.25) is 0 Å². The van der Waals surface area contributed by atoms with Gasteiger partial charge < -0.3 is 14.9 Å². The minimum absolute atomic E-state index is 0.162. The lowest BCUT2D eigenvalue weighted by atomic mass is 9.83. The summed E-state index contributed by atoms with van der Waals surface area (Å²) in [7, 11) is 0. The molecule has 3 unspecified atom stereocenters. The molecule has 1 aromatic carbocycles. The van der Waals surface area contributed by atoms with Crippen molar-refractivity contribution < 1.29 is 19.7 Å². The Morgan fingerprint density at radius 3 is 2.75 bits per heavy atom. The van der Waals surface area contributed by atoms with Crippen molar-refractivity contribution in [1.29, 1.82) is 0 Å². The molecule has 1 fully saturated rings. The Morgan fingerprint density at radius 2 is 2.00 bits per heavy atom. The normalized spacial score (nSPS) is 31.9. The molecule has 3 atom stereocenters. The Kier molecular flexibility index (Phi) is 3.36. The fraction of sp³-hybridized carbons (Fsp3) is 0.438. The summed E-state index contributed by atoms with van der Waals surface area (Å²) in [4.78, 5) is 11.5. The molecular weight excluding hydrogens is 256 g/mol. The number of esters is 1. The third kappa shape index (κ3) is 2.37. The van der Waals surface area contributed by atoms with Gasteiger partial charge in [0.15, 0.2) is 5.60 Å². The standard InChI is InChI=1S/C16H18O4/c17-14-12(8-4-7-11-5-2-1-3-6-11)9-16(19)10-13(14)20-15(16)18/h1-3,5-6,9,13-14,17,19H,4,7-8,10H2. The van der Waals surface area contributed by atoms with Gasteiger partial charge >= 0.3 is 5.97 Å². The average molecular weight is 274 g/mol. The van der Waals surface area contributed by atoms with Gasteiger partial charge in [-0.25, -0.2) is 4.79 Å². The van der Waals surface area contributed by atoms with Gasteiger partial charge in [-0.15, -0.1) is 0 Å². The van der Waals surface area contributed by atoms with E-state index in [0.717, 1.165) is 12.8 Å². The lowest BCUT2D eigenvalue weighted by Crippen LogP contribution is -2.38. The Morgan fingerprint density at radius 1 is 1.25 bits per heavy atom. The topological polar surface area (TPSA) is 66.8 Å². The summed E-state index contributed by atoms with van der Waals surface area (Å²) in [6, 6.07) is 10.1. The SMILES string of the molecule is O=C1OC2CC1(O)C=C(CCCc1ccccc1)C2O. The molecule has 1 aliphatic carbocycles. The second kappa shape index (κ2) is 5.04. The quantitative estimate of drug-likeness (QED) is 0.642. The summed E-state index contributed by atoms with van der Waals surface area (Å²) in [6.07, 6.45) is 2.71. The number of aryl methyl sites for hydroxylation is 1. The lowest BCUT2D eigenvalue weighted by Gasteiger charge is -2.26. The van der Waals surface area contributed by atoms with Crippen LogP contribution in [0.4, 0.5) is 0 Å². The Hall–Kier alpha value is -1.65. The zero-order chi connectivity index (χ0) is 14.2. The van der Waals surface area contributed by atoms with Gasteiger partial charge in [0.25, 0.3) is 0 Å². The highest BCUT2D eigenvalue weighted by atomic mass is 16.6. The van der Waals surface area contributed by atoms with Crippen LogP contribution in [0.1, 0.15) is 24.8 Å². The number of carbonyl (C=O) groups is 1. The highest BCUT2D eigenvalue weighted by Gasteiger charge is 2.52. The summed E-state index contributed by atoms with van der Waals surface area (Å²) < 4.78 is 5.00. The number of fused-ring (bicyclic) bond motifs is 2. The van der Waals surface area contributed by atoms with E-state index in [1.807, 2.05) is 18.2 Å². The Balaban J connectivity index is 1.64. The van der Waals surface area contributed by atoms with E-state index in [9.17, 15) is 15.0 Å². The van der Waals surface area contributed by atoms with Gasteiger partial charge in [0.2, 0.25) is 0 Å². The van der Waals surface area contributed by atoms with Crippen molar-refractivity contribution in [3.63, 3.8) is 0 Å². The van der Waals surface area contributed by atoms with Gasteiger partial charge in [0, 0.05) is 6.42 Å². The number of hydrogen-bond acceptors (Lipinski definition) is 4. The smallest absolute Gasteiger partial charge is 0.342 e. The number of ether oxygens (including phenoxy) is 1. The van der Waals surface area contributed by atoms with E-state index in [1.165, 1.54) is 11.6 Å². The first kappa shape index (κ1) is 13.3. The maximum Gasteiger partial charge on any atom is 0.342 e. The second-order valence-electron chi connectivity index (χ2n) is 5.58. The molecule has 4 heteroatoms. The number of benzene rings is 1. The molecule has 3 rings (SSSR count). The minimum Gasteiger partial charge on any atom is -0.457 e. The van der Waals surface area contributed by atoms with Crippen LogP contribution < -0.4 is 0 Å². The third-order valence-electron chi connectivity index (χ3n) is 4.05. The zero-order valence-electron chi connectivity index (χ0n) is 11.2. The van der Waals surface area contributed by atoms with E-state index in [0.29, 0.717) is 12.0 Å². The maximum atomic E-state index is 11.5. The molecule has 106 valence electrons. The summed E-state index contributed by atoms with van der Waals surface area (Å²) in [5.74, 6) is -0.639. The fourth-order valence-corrected chi connectivity index (χ4v) is 2.96. The first-order chi connectivity index (χ1) is 9.58. The van der Waals surface area contributed by atoms with E-state index in [2.05, 4.69) is 12.1 Å². The van der Waals surface area contributed by atoms with Crippen LogP contribution in [-0.2, 0) is 16.0 Å². The summed E-state index contributed by atoms with van der Waals surface area (Å²) in [5.41, 5.74) is 0.435. The molecule has 1 aliphatic heterocycles. The number of aliphatic hydroxyl groups excluding tert-OH is 1. The Bertz CT molecular complexity index is 537. The van der Waals surface area contributed by atoms with Gasteiger partial charge in [0.1, 0.15) is 12.2 Å². The second-order valence-corrected chi connectivity index (χ2v) is 5.58. The highest BCUT2D eigenvalue weighted by Crippen LogP contribution is 2.38. The van der Waals surface area contributed by atoms with Crippen LogP contribution in [0.25, 0.3) is 0 Å². The molecule has 0 spiro atoms. The Labute approximate surface area is 117 Å². The van der Waals surface area contributed by atoms with Crippen LogP contribution >= 0.6 is 0 Å². The first-order valence-corrected chi connectivity index (χ1v) is 6.95. The predicted octanol–water partition coefficient (Wildman–Crippen LogP) is 1.36. The van der Waals surface area contributed by atoms with Crippen molar-refractivity contribution >= 4 is 5.97 Å². The van der Waals surface area contributed by atoms with Gasteiger partial charge in [-0.05, 0) is 36.5 Å². The van der Waals surface area contributed by atoms with Crippen molar-refractivity contribution in [3.05, 3.63) is 47.5 Å². The number of aliphatic hydroxyl groups is 2. The van der Waals surface area contributed by atoms with Crippen LogP contribution in [0.5, 0.6) is 0 Å². The van der Waals surface area contributed by atoms with Crippen molar-refractivity contribution in [3.8, 4) is 0 Å². The van der Waals surface area contributed by atoms with Crippen LogP contribution in [0.3, 0.4) is 0 Å². The summed E-state index contributed by atoms with van der Waals surface area (Å²) in [5, 5.41) is 20.3. The molecule has 2 bridgehead atoms. The number of carbonyl (C=O) groups excluding carboxylic acids is 1. The molecule has 1 heterocycles. The van der Waals surface area contributed by atoms with E-state index < -0.39 is 23.8 Å². The predicted molar refractivity (Wildman–Crippen MR) is 72.9 cm³/mol. The van der Waals surface area contributed by atoms with Crippen molar-refractivity contribution in [1.82, 2.24) is 0 Å². The van der Waals surface area contributed by atoms with E-state index in [1.54, 1.807) is 0 Å². The van der Waals surface area contributed by atoms with Crippen molar-refractivity contribution in [2.24, 2.45) is 0 Å². The van der Waals surface area contributed by atoms with E-state index in [-0.39, 0.29) is 6.42 Å². The molecule has 20 heavy (non-hydrogen) atoms. The van der Waals surface area contributed by atoms with Gasteiger partial charge in [-0.1, -0.05) is 30.3 Å². The van der Waals surface area contributed by atoms with E-state index in [4.69, 9.17) is 4.74 Å². The molecule has 0 aromatic heterocycles. The van der Waals surface area contributed by atoms with Gasteiger partial charge in [-0.2, -0.15) is 0 Å². The van der Waals surface area contributed by atoms with Crippen LogP contribution in [-0.4, -0.2) is 34.0 Å². The molecule has 0 saturated carbocycles. The molecule has 0 amide bonds. The molecule has 1 saturated heterocycles. The van der Waals surface area contributed by atoms with Crippen molar-refractivity contribution in [2.45, 2.75) is 43.5 Å². The highest BCUT2D eigenvalue weighted by molar-refractivity contribution is 5.85. The molecule has 2 aliphatic rings. The molecule has 0 radical (unpaired) electrons. The molecule has 1 aromatic rings. The summed E-state index contributed by atoms with van der Waals surface area (Å²) >= 11 is 0. The lowest BCUT2D eigenvalue weighted by molar-refractivity contribution is -0.152. The van der Waals surface area contributed by atoms with Crippen LogP contribution in [0.2, 0.25) is 0 Å². The van der Waals surface area contributed by atoms with Gasteiger partial charge in [0.05, 0.1) is 0 Å². The molecule has 2 N–H and O–H groups in total. The number of hydrogen-bond donors (Lipinski definition) is 2. The monoisotopic (exact) mass is 274 g/mol. The van der Waals surface area contributed by atoms with E-state index >= 15 is 0 Å². The summed E-state index contributed by atoms with van der Waals surface area (Å²) in [6.45, 7) is 0. The number of rotatable bonds is 4. The van der Waals surface area contributed by atoms with Crippen molar-refractivity contribution in [2.75, 3.05) is 0 Å². The molecular formula is C16H18O4. The zero-order valence-corrected chi connectivity index (χ0v) is 11.2. The fourth-order valence-electron chi connectivity index (χ4n) is 2.96. The molecule has 4 nitrogen and oxygen atoms in total. The maximum absolute atomic E-state index is 11.5. The third-order valence-corrected chi connectivity index (χ3v) is 4.05. The first-order valence-electron chi connectivity index (χ1n) is 6.95. The largest absolute Gasteiger partial charge is 0.457 e. The van der Waals surface area contributed by atoms with Crippen LogP contribution in [0.15, 0.2) is 42.0 Å². The average Bonchev–Trinajstić information content (AvgIpc) is 2.69.